The molecular weight excluding hydrogens is 700 g/mol. The molecule has 1 saturated heterocycles. The van der Waals surface area contributed by atoms with Gasteiger partial charge in [0, 0.05) is 19.9 Å². The van der Waals surface area contributed by atoms with Crippen LogP contribution in [0.4, 0.5) is 17.5 Å². The lowest BCUT2D eigenvalue weighted by atomic mass is 9.99. The number of ketones is 1. The first kappa shape index (κ1) is 39.7. The molecule has 6 unspecified atom stereocenters. The number of Topliss-reactive ketones (excluding diaryl/α,β-unsaturated/α-hetero) is 1. The molecule has 22 heteroatoms. The number of nitrogens with two attached hydrogens (primary N) is 1. The summed E-state index contributed by atoms with van der Waals surface area (Å²) >= 11 is 5.43. The number of ether oxygens (including phenoxy) is 2. The van der Waals surface area contributed by atoms with Crippen LogP contribution in [0.1, 0.15) is 52.9 Å². The Kier molecular flexibility index (Phi) is 14.7. The molecule has 2 aliphatic rings. The van der Waals surface area contributed by atoms with Crippen molar-refractivity contribution in [3.63, 3.8) is 0 Å². The van der Waals surface area contributed by atoms with Gasteiger partial charge in [0.05, 0.1) is 26.0 Å². The summed E-state index contributed by atoms with van der Waals surface area (Å²) in [5, 5.41) is 16.7. The molecule has 48 heavy (non-hydrogen) atoms. The maximum Gasteiger partial charge on any atom is 0.572 e. The summed E-state index contributed by atoms with van der Waals surface area (Å²) in [6.45, 7) is 3.87. The Balaban J connectivity index is 1.69. The molecule has 0 bridgehead atoms. The summed E-state index contributed by atoms with van der Waals surface area (Å²) in [5.41, 5.74) is 5.22. The lowest BCUT2D eigenvalue weighted by Gasteiger charge is -2.32. The van der Waals surface area contributed by atoms with Crippen molar-refractivity contribution in [2.45, 2.75) is 71.2 Å². The van der Waals surface area contributed by atoms with Crippen molar-refractivity contribution in [2.24, 2.45) is 5.92 Å². The van der Waals surface area contributed by atoms with Crippen LogP contribution in [0.15, 0.2) is 4.79 Å². The Hall–Kier alpha value is -2.73. The molecule has 3 rings (SSSR count). The van der Waals surface area contributed by atoms with Crippen molar-refractivity contribution in [1.29, 1.82) is 0 Å². The van der Waals surface area contributed by atoms with Crippen LogP contribution in [-0.2, 0) is 42.0 Å². The Morgan fingerprint density at radius 2 is 2.00 bits per heavy atom. The second-order valence-electron chi connectivity index (χ2n) is 11.3. The van der Waals surface area contributed by atoms with Crippen LogP contribution in [0.2, 0.25) is 0 Å². The maximum absolute atomic E-state index is 13.4. The van der Waals surface area contributed by atoms with Gasteiger partial charge >= 0.3 is 28.0 Å². The predicted molar refractivity (Wildman–Crippen MR) is 172 cm³/mol. The van der Waals surface area contributed by atoms with Gasteiger partial charge in [-0.15, -0.1) is 16.1 Å². The lowest BCUT2D eigenvalue weighted by molar-refractivity contribution is -1.02. The summed E-state index contributed by atoms with van der Waals surface area (Å²) in [7, 11) is -8.23. The van der Waals surface area contributed by atoms with E-state index in [4.69, 9.17) is 35.9 Å². The molecule has 19 nitrogen and oxygen atoms in total. The van der Waals surface area contributed by atoms with E-state index < -0.39 is 81.3 Å². The van der Waals surface area contributed by atoms with Crippen molar-refractivity contribution in [3.8, 4) is 0 Å². The fourth-order valence-electron chi connectivity index (χ4n) is 5.17. The summed E-state index contributed by atoms with van der Waals surface area (Å²) in [5.74, 6) is -2.38. The van der Waals surface area contributed by atoms with E-state index in [0.717, 1.165) is 32.6 Å². The van der Waals surface area contributed by atoms with Crippen LogP contribution in [0.25, 0.3) is 0 Å². The van der Waals surface area contributed by atoms with E-state index in [-0.39, 0.29) is 55.5 Å². The van der Waals surface area contributed by atoms with Gasteiger partial charge in [0.2, 0.25) is 17.9 Å². The number of quaternary nitrogens is 1. The minimum absolute atomic E-state index is 0.0102. The molecule has 0 aliphatic carbocycles. The smallest absolute Gasteiger partial charge is 0.461 e. The number of hydrogen-bond acceptors (Lipinski definition) is 15. The van der Waals surface area contributed by atoms with Crippen LogP contribution >= 0.6 is 27.4 Å². The Morgan fingerprint density at radius 1 is 1.31 bits per heavy atom. The first-order valence-electron chi connectivity index (χ1n) is 15.4. The average Bonchev–Trinajstić information content (AvgIpc) is 3.62. The van der Waals surface area contributed by atoms with Gasteiger partial charge in [0.15, 0.2) is 17.8 Å². The molecule has 0 radical (unpaired) electrons. The number of hydrogen-bond donors (Lipinski definition) is 6. The molecule has 7 N–H and O–H groups in total. The second kappa shape index (κ2) is 17.8. The van der Waals surface area contributed by atoms with Crippen molar-refractivity contribution >= 4 is 62.5 Å². The molecule has 270 valence electrons. The van der Waals surface area contributed by atoms with Crippen molar-refractivity contribution in [1.82, 2.24) is 15.3 Å². The number of aromatic nitrogens is 2. The third-order valence-corrected chi connectivity index (χ3v) is 11.2. The van der Waals surface area contributed by atoms with Gasteiger partial charge in [-0.25, -0.2) is 10.0 Å². The number of alkyl halides is 1. The van der Waals surface area contributed by atoms with Gasteiger partial charge in [-0.1, -0.05) is 26.7 Å². The second-order valence-corrected chi connectivity index (χ2v) is 14.8. The molecule has 6 atom stereocenters. The highest BCUT2D eigenvalue weighted by atomic mass is 35.5. The van der Waals surface area contributed by atoms with Gasteiger partial charge in [-0.2, -0.15) is 9.55 Å². The zero-order valence-corrected chi connectivity index (χ0v) is 29.5. The molecule has 3 heterocycles. The molecule has 0 saturated carbocycles. The molecule has 0 aromatic carbocycles. The zero-order valence-electron chi connectivity index (χ0n) is 27.0. The van der Waals surface area contributed by atoms with Crippen molar-refractivity contribution < 1.29 is 56.6 Å². The summed E-state index contributed by atoms with van der Waals surface area (Å²) in [6.07, 6.45) is -0.103. The van der Waals surface area contributed by atoms with E-state index in [1.54, 1.807) is 0 Å². The van der Waals surface area contributed by atoms with Crippen molar-refractivity contribution in [2.75, 3.05) is 61.2 Å². The summed E-state index contributed by atoms with van der Waals surface area (Å²) in [4.78, 5) is 68.2. The normalized spacial score (nSPS) is 20.9. The van der Waals surface area contributed by atoms with Crippen LogP contribution in [0.5, 0.6) is 0 Å². The predicted octanol–water partition coefficient (Wildman–Crippen LogP) is 1.77. The van der Waals surface area contributed by atoms with Crippen LogP contribution < -0.4 is 26.8 Å². The molecule has 0 spiro atoms. The van der Waals surface area contributed by atoms with Crippen LogP contribution in [-0.4, -0.2) is 106 Å². The highest BCUT2D eigenvalue weighted by Gasteiger charge is 2.61. The summed E-state index contributed by atoms with van der Waals surface area (Å²) in [6, 6.07) is -1.76. The summed E-state index contributed by atoms with van der Waals surface area (Å²) < 4.78 is 46.1. The number of nitrogens with one attached hydrogen (secondary N) is 3. The minimum atomic E-state index is -5.24. The van der Waals surface area contributed by atoms with E-state index in [2.05, 4.69) is 20.6 Å². The topological polar surface area (TPSA) is 262 Å². The van der Waals surface area contributed by atoms with Gasteiger partial charge in [0.25, 0.3) is 5.56 Å². The fraction of sp³-hybridized carbons (Fsp3) is 0.731. The number of nitrogens with zero attached hydrogens (tertiary/aromatic N) is 3. The SMILES string of the molecule is CCCC(CCC)COC(=O)C(C)[N+](O)(C[P+](=O)OCC1CC(=O)C(N2CNc3c2nc(N)[nH]c3=O)O1)P(=O)(O)OCCNC(=O)CCl. The Morgan fingerprint density at radius 3 is 2.65 bits per heavy atom. The van der Waals surface area contributed by atoms with E-state index in [0.29, 0.717) is 0 Å². The number of aromatic amines is 1. The van der Waals surface area contributed by atoms with Gasteiger partial charge in [-0.05, 0) is 27.7 Å². The number of carbonyl (C=O) groups excluding carboxylic acids is 3. The number of halogens is 1. The number of fused-ring (bicyclic) bond motifs is 1. The van der Waals surface area contributed by atoms with E-state index in [1.807, 2.05) is 13.8 Å². The number of hydroxylamine groups is 2. The molecule has 1 aromatic heterocycles. The number of anilines is 3. The van der Waals surface area contributed by atoms with Crippen molar-refractivity contribution in [3.05, 3.63) is 10.4 Å². The van der Waals surface area contributed by atoms with E-state index >= 15 is 0 Å². The van der Waals surface area contributed by atoms with Gasteiger partial charge in [0.1, 0.15) is 18.2 Å². The van der Waals surface area contributed by atoms with Crippen LogP contribution in [0.3, 0.4) is 0 Å². The van der Waals surface area contributed by atoms with E-state index in [1.165, 1.54) is 4.90 Å². The highest BCUT2D eigenvalue weighted by molar-refractivity contribution is 7.47. The quantitative estimate of drug-likeness (QED) is 0.0365. The van der Waals surface area contributed by atoms with Gasteiger partial charge < -0.3 is 30.7 Å². The molecule has 1 amide bonds. The molecular formula is C26H44ClN7O12P2+2. The minimum Gasteiger partial charge on any atom is -0.461 e. The Labute approximate surface area is 282 Å². The number of carbonyl (C=O) groups is 3. The van der Waals surface area contributed by atoms with E-state index in [9.17, 15) is 38.4 Å². The zero-order chi connectivity index (χ0) is 35.6. The van der Waals surface area contributed by atoms with Crippen LogP contribution in [0, 0.1) is 5.92 Å². The number of H-pyrrole nitrogens is 1. The fourth-order valence-corrected chi connectivity index (χ4v) is 8.28. The first-order chi connectivity index (χ1) is 22.7. The molecule has 1 aromatic rings. The molecule has 1 fully saturated rings. The third kappa shape index (κ3) is 9.92. The monoisotopic (exact) mass is 743 g/mol. The number of nitrogen functional groups attached to an aromatic ring is 1. The standard InChI is InChI=1S/C26H42ClN7O12P2/c1-4-6-17(7-5-2)12-43-25(38)16(3)34(39,48(41,42)45-9-8-29-20(36)11-27)15-47(40)44-13-18-10-19(35)24(46-18)33-14-30-21-22(33)31-26(28)32-23(21)37/h16-18,24,30,39H,4-15H2,1-3H3,(H3-2,28,29,31,32,36,37,41,42)/p+2. The third-order valence-electron chi connectivity index (χ3n) is 7.71. The number of esters is 1. The average molecular weight is 744 g/mol. The maximum atomic E-state index is 13.4. The molecule has 2 aliphatic heterocycles. The largest absolute Gasteiger partial charge is 0.572 e. The Bertz CT molecular complexity index is 1430. The lowest BCUT2D eigenvalue weighted by Crippen LogP contribution is -2.53. The first-order valence-corrected chi connectivity index (χ1v) is 18.8. The number of amides is 1. The highest BCUT2D eigenvalue weighted by Crippen LogP contribution is 2.56. The number of rotatable bonds is 20. The van der Waals surface area contributed by atoms with Gasteiger partial charge in [-0.3, -0.25) is 28.8 Å².